The molecule has 0 aromatic heterocycles. The topological polar surface area (TPSA) is 61.2 Å². The van der Waals surface area contributed by atoms with Gasteiger partial charge in [0.05, 0.1) is 16.5 Å². The van der Waals surface area contributed by atoms with Crippen LogP contribution in [-0.2, 0) is 10.0 Å². The van der Waals surface area contributed by atoms with Gasteiger partial charge in [-0.25, -0.2) is 8.42 Å². The minimum Gasteiger partial charge on any atom is -0.207 e. The first-order chi connectivity index (χ1) is 12.0. The second-order valence-electron chi connectivity index (χ2n) is 5.71. The van der Waals surface area contributed by atoms with Gasteiger partial charge in [0.2, 0.25) is 10.0 Å². The molecule has 2 aromatic rings. The van der Waals surface area contributed by atoms with E-state index < -0.39 is 10.0 Å². The lowest BCUT2D eigenvalue weighted by molar-refractivity contribution is 0.428. The Kier molecular flexibility index (Phi) is 5.70. The molecule has 0 spiro atoms. The largest absolute Gasteiger partial charge is 0.243 e. The molecule has 1 aliphatic rings. The summed E-state index contributed by atoms with van der Waals surface area (Å²) in [5.41, 5.74) is 1.51. The predicted molar refractivity (Wildman–Crippen MR) is 101 cm³/mol. The first kappa shape index (κ1) is 18.3. The van der Waals surface area contributed by atoms with Crippen LogP contribution in [0.15, 0.2) is 53.4 Å². The molecule has 25 heavy (non-hydrogen) atoms. The fraction of sp³-hybridized carbons (Fsp3) is 0.278. The fourth-order valence-electron chi connectivity index (χ4n) is 2.83. The molecule has 2 aromatic carbocycles. The van der Waals surface area contributed by atoms with Crippen molar-refractivity contribution < 1.29 is 8.42 Å². The molecule has 1 aliphatic heterocycles. The zero-order valence-electron chi connectivity index (χ0n) is 13.4. The first-order valence-electron chi connectivity index (χ1n) is 7.89. The summed E-state index contributed by atoms with van der Waals surface area (Å²) in [6.45, 7) is 0.916. The van der Waals surface area contributed by atoms with Crippen molar-refractivity contribution in [3.63, 3.8) is 0 Å². The Labute approximate surface area is 157 Å². The summed E-state index contributed by atoms with van der Waals surface area (Å²) in [4.78, 5) is 0.229. The molecule has 0 saturated carbocycles. The number of hydrogen-bond acceptors (Lipinski definition) is 4. The third kappa shape index (κ3) is 4.01. The molecule has 4 nitrogen and oxygen atoms in total. The Balaban J connectivity index is 1.78. The highest BCUT2D eigenvalue weighted by molar-refractivity contribution is 7.99. The van der Waals surface area contributed by atoms with Crippen LogP contribution in [0.3, 0.4) is 0 Å². The number of halogens is 1. The van der Waals surface area contributed by atoms with Crippen LogP contribution in [0.25, 0.3) is 0 Å². The van der Waals surface area contributed by atoms with Crippen molar-refractivity contribution in [3.8, 4) is 6.07 Å². The van der Waals surface area contributed by atoms with Gasteiger partial charge >= 0.3 is 0 Å². The molecule has 0 bridgehead atoms. The van der Waals surface area contributed by atoms with Crippen LogP contribution < -0.4 is 0 Å². The quantitative estimate of drug-likeness (QED) is 0.789. The molecule has 7 heteroatoms. The minimum absolute atomic E-state index is 0.190. The Morgan fingerprint density at radius 3 is 2.52 bits per heavy atom. The molecule has 130 valence electrons. The second-order valence-corrected chi connectivity index (χ2v) is 9.37. The SMILES string of the molecule is N#Cc1ccc(S(=O)(=O)N2CCS[C@H](c3ccccc3Cl)CC2)cc1. The molecule has 3 rings (SSSR count). The van der Waals surface area contributed by atoms with E-state index in [1.54, 1.807) is 11.8 Å². The summed E-state index contributed by atoms with van der Waals surface area (Å²) in [6, 6.07) is 15.8. The van der Waals surface area contributed by atoms with Crippen LogP contribution in [-0.4, -0.2) is 31.6 Å². The maximum atomic E-state index is 12.9. The summed E-state index contributed by atoms with van der Waals surface area (Å²) in [7, 11) is -3.55. The summed E-state index contributed by atoms with van der Waals surface area (Å²) in [5.74, 6) is 0.714. The van der Waals surface area contributed by atoms with Crippen molar-refractivity contribution in [2.75, 3.05) is 18.8 Å². The van der Waals surface area contributed by atoms with Crippen LogP contribution in [0, 0.1) is 11.3 Å². The third-order valence-corrected chi connectivity index (χ3v) is 7.74. The van der Waals surface area contributed by atoms with Gasteiger partial charge in [-0.15, -0.1) is 0 Å². The fourth-order valence-corrected chi connectivity index (χ4v) is 6.00. The van der Waals surface area contributed by atoms with Crippen molar-refractivity contribution >= 4 is 33.4 Å². The molecule has 1 fully saturated rings. The number of nitrogens with zero attached hydrogens (tertiary/aromatic N) is 2. The Hall–Kier alpha value is -1.52. The monoisotopic (exact) mass is 392 g/mol. The lowest BCUT2D eigenvalue weighted by Gasteiger charge is -2.20. The summed E-state index contributed by atoms with van der Waals surface area (Å²) < 4.78 is 27.2. The van der Waals surface area contributed by atoms with E-state index in [-0.39, 0.29) is 10.1 Å². The number of rotatable bonds is 3. The normalized spacial score (nSPS) is 19.1. The van der Waals surface area contributed by atoms with Gasteiger partial charge in [-0.1, -0.05) is 29.8 Å². The lowest BCUT2D eigenvalue weighted by atomic mass is 10.1. The first-order valence-corrected chi connectivity index (χ1v) is 10.8. The van der Waals surface area contributed by atoms with E-state index in [1.165, 1.54) is 28.6 Å². The zero-order chi connectivity index (χ0) is 17.9. The predicted octanol–water partition coefficient (Wildman–Crippen LogP) is 4.08. The van der Waals surface area contributed by atoms with E-state index in [0.717, 1.165) is 10.6 Å². The van der Waals surface area contributed by atoms with Gasteiger partial charge in [0.1, 0.15) is 0 Å². The molecule has 0 radical (unpaired) electrons. The van der Waals surface area contributed by atoms with E-state index in [9.17, 15) is 8.42 Å². The molecular weight excluding hydrogens is 376 g/mol. The van der Waals surface area contributed by atoms with Crippen LogP contribution in [0.2, 0.25) is 5.02 Å². The molecular formula is C18H17ClN2O2S2. The Bertz CT molecular complexity index is 892. The van der Waals surface area contributed by atoms with Gasteiger partial charge in [0, 0.05) is 29.1 Å². The average molecular weight is 393 g/mol. The number of nitriles is 1. The van der Waals surface area contributed by atoms with Crippen LogP contribution in [0.4, 0.5) is 0 Å². The maximum Gasteiger partial charge on any atom is 0.243 e. The van der Waals surface area contributed by atoms with Crippen LogP contribution in [0.5, 0.6) is 0 Å². The molecule has 0 N–H and O–H groups in total. The van der Waals surface area contributed by atoms with E-state index in [4.69, 9.17) is 16.9 Å². The molecule has 1 saturated heterocycles. The summed E-state index contributed by atoms with van der Waals surface area (Å²) in [6.07, 6.45) is 0.712. The van der Waals surface area contributed by atoms with E-state index in [0.29, 0.717) is 30.8 Å². The summed E-state index contributed by atoms with van der Waals surface area (Å²) >= 11 is 8.03. The minimum atomic E-state index is -3.55. The Morgan fingerprint density at radius 1 is 1.12 bits per heavy atom. The highest BCUT2D eigenvalue weighted by atomic mass is 35.5. The smallest absolute Gasteiger partial charge is 0.207 e. The molecule has 0 amide bonds. The zero-order valence-corrected chi connectivity index (χ0v) is 15.8. The number of thioether (sulfide) groups is 1. The van der Waals surface area contributed by atoms with Crippen molar-refractivity contribution in [2.24, 2.45) is 0 Å². The highest BCUT2D eigenvalue weighted by Gasteiger charge is 2.28. The van der Waals surface area contributed by atoms with E-state index in [2.05, 4.69) is 0 Å². The van der Waals surface area contributed by atoms with Crippen molar-refractivity contribution in [1.82, 2.24) is 4.31 Å². The number of hydrogen-bond donors (Lipinski definition) is 0. The molecule has 0 unspecified atom stereocenters. The van der Waals surface area contributed by atoms with Crippen LogP contribution in [0.1, 0.15) is 22.8 Å². The third-order valence-electron chi connectivity index (χ3n) is 4.17. The van der Waals surface area contributed by atoms with Gasteiger partial charge in [0.15, 0.2) is 0 Å². The van der Waals surface area contributed by atoms with Gasteiger partial charge in [-0.05, 0) is 42.3 Å². The maximum absolute atomic E-state index is 12.9. The summed E-state index contributed by atoms with van der Waals surface area (Å²) in [5, 5.41) is 9.77. The molecule has 1 atom stereocenters. The van der Waals surface area contributed by atoms with Crippen molar-refractivity contribution in [2.45, 2.75) is 16.6 Å². The van der Waals surface area contributed by atoms with E-state index in [1.807, 2.05) is 30.3 Å². The number of sulfonamides is 1. The molecule has 1 heterocycles. The van der Waals surface area contributed by atoms with Gasteiger partial charge in [-0.3, -0.25) is 0 Å². The number of benzene rings is 2. The van der Waals surface area contributed by atoms with Gasteiger partial charge in [-0.2, -0.15) is 21.3 Å². The second kappa shape index (κ2) is 7.79. The highest BCUT2D eigenvalue weighted by Crippen LogP contribution is 2.38. The van der Waals surface area contributed by atoms with Gasteiger partial charge in [0.25, 0.3) is 0 Å². The molecule has 0 aliphatic carbocycles. The standard InChI is InChI=1S/C18H17ClN2O2S2/c19-17-4-2-1-3-16(17)18-9-10-21(11-12-24-18)25(22,23)15-7-5-14(13-20)6-8-15/h1-8,18H,9-12H2/t18-/m0/s1. The van der Waals surface area contributed by atoms with Crippen molar-refractivity contribution in [3.05, 3.63) is 64.7 Å². The Morgan fingerprint density at radius 2 is 1.84 bits per heavy atom. The van der Waals surface area contributed by atoms with Gasteiger partial charge < -0.3 is 0 Å². The van der Waals surface area contributed by atoms with Crippen molar-refractivity contribution in [1.29, 1.82) is 5.26 Å². The lowest BCUT2D eigenvalue weighted by Crippen LogP contribution is -2.33. The van der Waals surface area contributed by atoms with E-state index >= 15 is 0 Å². The van der Waals surface area contributed by atoms with Crippen LogP contribution >= 0.6 is 23.4 Å². The average Bonchev–Trinajstić information content (AvgIpc) is 2.89.